The van der Waals surface area contributed by atoms with E-state index in [0.29, 0.717) is 24.2 Å². The molecule has 102 valence electrons. The molecular weight excluding hydrogens is 266 g/mol. The van der Waals surface area contributed by atoms with Gasteiger partial charge in [0.15, 0.2) is 9.84 Å². The fourth-order valence-corrected chi connectivity index (χ4v) is 3.13. The number of hydrogen-bond donors (Lipinski definition) is 0. The topological polar surface area (TPSA) is 63.7 Å². The summed E-state index contributed by atoms with van der Waals surface area (Å²) in [6.45, 7) is 4.04. The van der Waals surface area contributed by atoms with E-state index in [0.717, 1.165) is 0 Å². The highest BCUT2D eigenvalue weighted by atomic mass is 32.2. The second kappa shape index (κ2) is 5.05. The molecule has 2 rings (SSSR count). The Morgan fingerprint density at radius 2 is 2.26 bits per heavy atom. The molecule has 0 bridgehead atoms. The lowest BCUT2D eigenvalue weighted by molar-refractivity contribution is 0.166. The molecule has 0 saturated heterocycles. The van der Waals surface area contributed by atoms with Crippen molar-refractivity contribution in [3.05, 3.63) is 36.4 Å². The number of sulfone groups is 1. The van der Waals surface area contributed by atoms with Crippen molar-refractivity contribution in [2.24, 2.45) is 0 Å². The zero-order chi connectivity index (χ0) is 14.0. The minimum atomic E-state index is -3.29. The number of fused-ring (bicyclic) bond motifs is 1. The van der Waals surface area contributed by atoms with Crippen molar-refractivity contribution in [2.45, 2.75) is 11.3 Å². The van der Waals surface area contributed by atoms with Crippen LogP contribution in [0.4, 0.5) is 10.5 Å². The molecule has 0 aromatic heterocycles. The molecule has 0 radical (unpaired) electrons. The van der Waals surface area contributed by atoms with Crippen LogP contribution in [0.3, 0.4) is 0 Å². The first kappa shape index (κ1) is 13.6. The van der Waals surface area contributed by atoms with Gasteiger partial charge in [-0.25, -0.2) is 13.2 Å². The van der Waals surface area contributed by atoms with Crippen molar-refractivity contribution in [3.8, 4) is 0 Å². The zero-order valence-corrected chi connectivity index (χ0v) is 11.4. The molecule has 0 fully saturated rings. The number of nitrogens with zero attached hydrogens (tertiary/aromatic N) is 1. The molecule has 1 heterocycles. The van der Waals surface area contributed by atoms with Crippen LogP contribution in [0.2, 0.25) is 0 Å². The first-order chi connectivity index (χ1) is 8.95. The number of carbonyl (C=O) groups is 1. The Bertz CT molecular complexity index is 622. The molecule has 1 aromatic carbocycles. The molecule has 6 heteroatoms. The third-order valence-corrected chi connectivity index (χ3v) is 4.11. The number of rotatable bonds is 3. The number of hydrogen-bond acceptors (Lipinski definition) is 4. The monoisotopic (exact) mass is 281 g/mol. The van der Waals surface area contributed by atoms with Gasteiger partial charge >= 0.3 is 6.09 Å². The summed E-state index contributed by atoms with van der Waals surface area (Å²) >= 11 is 0. The smallest absolute Gasteiger partial charge is 0.414 e. The Balaban J connectivity index is 2.36. The van der Waals surface area contributed by atoms with Gasteiger partial charge in [0.05, 0.1) is 10.6 Å². The molecule has 1 aliphatic heterocycles. The fourth-order valence-electron chi connectivity index (χ4n) is 2.15. The average Bonchev–Trinajstić information content (AvgIpc) is 2.78. The van der Waals surface area contributed by atoms with E-state index in [1.54, 1.807) is 18.2 Å². The molecule has 1 aliphatic rings. The fraction of sp³-hybridized carbons (Fsp3) is 0.308. The summed E-state index contributed by atoms with van der Waals surface area (Å²) in [5.41, 5.74) is 1.29. The van der Waals surface area contributed by atoms with Crippen molar-refractivity contribution >= 4 is 21.6 Å². The Morgan fingerprint density at radius 1 is 1.53 bits per heavy atom. The predicted octanol–water partition coefficient (Wildman–Crippen LogP) is 1.78. The van der Waals surface area contributed by atoms with E-state index < -0.39 is 15.9 Å². The van der Waals surface area contributed by atoms with Crippen LogP contribution in [-0.4, -0.2) is 33.9 Å². The third kappa shape index (κ3) is 2.63. The molecular formula is C13H15NO4S. The molecule has 0 unspecified atom stereocenters. The minimum absolute atomic E-state index is 0.135. The summed E-state index contributed by atoms with van der Waals surface area (Å²) in [5, 5.41) is 0. The van der Waals surface area contributed by atoms with E-state index in [1.165, 1.54) is 17.2 Å². The van der Waals surface area contributed by atoms with Crippen LogP contribution in [0, 0.1) is 0 Å². The quantitative estimate of drug-likeness (QED) is 0.792. The molecule has 1 aromatic rings. The third-order valence-electron chi connectivity index (χ3n) is 2.93. The number of anilines is 1. The molecule has 5 nitrogen and oxygen atoms in total. The van der Waals surface area contributed by atoms with E-state index >= 15 is 0 Å². The highest BCUT2D eigenvalue weighted by Crippen LogP contribution is 2.33. The summed E-state index contributed by atoms with van der Waals surface area (Å²) in [6, 6.07) is 4.92. The van der Waals surface area contributed by atoms with Gasteiger partial charge in [0.1, 0.15) is 6.61 Å². The summed E-state index contributed by atoms with van der Waals surface area (Å²) in [7, 11) is -3.29. The van der Waals surface area contributed by atoms with Gasteiger partial charge in [-0.15, -0.1) is 0 Å². The molecule has 0 N–H and O–H groups in total. The highest BCUT2D eigenvalue weighted by Gasteiger charge is 2.29. The van der Waals surface area contributed by atoms with Crippen LogP contribution < -0.4 is 4.90 Å². The maximum absolute atomic E-state index is 11.8. The largest absolute Gasteiger partial charge is 0.445 e. The zero-order valence-electron chi connectivity index (χ0n) is 10.6. The molecule has 19 heavy (non-hydrogen) atoms. The number of benzene rings is 1. The van der Waals surface area contributed by atoms with Crippen LogP contribution in [-0.2, 0) is 21.0 Å². The van der Waals surface area contributed by atoms with Crippen LogP contribution in [0.1, 0.15) is 5.56 Å². The minimum Gasteiger partial charge on any atom is -0.445 e. The van der Waals surface area contributed by atoms with Gasteiger partial charge in [-0.05, 0) is 24.1 Å². The number of amides is 1. The van der Waals surface area contributed by atoms with Gasteiger partial charge in [0.2, 0.25) is 0 Å². The molecule has 0 atom stereocenters. The normalized spacial score (nSPS) is 14.1. The van der Waals surface area contributed by atoms with E-state index in [1.807, 2.05) is 0 Å². The maximum atomic E-state index is 11.8. The van der Waals surface area contributed by atoms with E-state index in [2.05, 4.69) is 6.58 Å². The van der Waals surface area contributed by atoms with E-state index in [-0.39, 0.29) is 11.5 Å². The lowest BCUT2D eigenvalue weighted by Gasteiger charge is -2.16. The highest BCUT2D eigenvalue weighted by molar-refractivity contribution is 7.90. The van der Waals surface area contributed by atoms with Gasteiger partial charge in [-0.3, -0.25) is 4.90 Å². The van der Waals surface area contributed by atoms with Crippen molar-refractivity contribution in [1.29, 1.82) is 0 Å². The lowest BCUT2D eigenvalue weighted by Crippen LogP contribution is -2.29. The van der Waals surface area contributed by atoms with Crippen LogP contribution in [0.25, 0.3) is 0 Å². The lowest BCUT2D eigenvalue weighted by atomic mass is 10.2. The first-order valence-electron chi connectivity index (χ1n) is 5.82. The Labute approximate surface area is 112 Å². The standard InChI is InChI=1S/C13H15NO4S/c1-3-9-18-13(15)14-8-7-10-11(14)5-4-6-12(10)19(2,16)17/h3-6H,1,7-9H2,2H3. The van der Waals surface area contributed by atoms with Gasteiger partial charge < -0.3 is 4.74 Å². The second-order valence-corrected chi connectivity index (χ2v) is 6.28. The van der Waals surface area contributed by atoms with Gasteiger partial charge in [-0.1, -0.05) is 18.7 Å². The summed E-state index contributed by atoms with van der Waals surface area (Å²) in [4.78, 5) is 13.6. The number of carbonyl (C=O) groups excluding carboxylic acids is 1. The van der Waals surface area contributed by atoms with Crippen molar-refractivity contribution in [2.75, 3.05) is 24.3 Å². The second-order valence-electron chi connectivity index (χ2n) is 4.29. The predicted molar refractivity (Wildman–Crippen MR) is 72.1 cm³/mol. The molecule has 1 amide bonds. The van der Waals surface area contributed by atoms with Crippen LogP contribution in [0.15, 0.2) is 35.7 Å². The summed E-state index contributed by atoms with van der Waals surface area (Å²) in [5.74, 6) is 0. The van der Waals surface area contributed by atoms with Gasteiger partial charge in [-0.2, -0.15) is 0 Å². The first-order valence-corrected chi connectivity index (χ1v) is 7.71. The maximum Gasteiger partial charge on any atom is 0.414 e. The van der Waals surface area contributed by atoms with Crippen LogP contribution >= 0.6 is 0 Å². The SMILES string of the molecule is C=CCOC(=O)N1CCc2c1cccc2S(C)(=O)=O. The van der Waals surface area contributed by atoms with Crippen molar-refractivity contribution in [1.82, 2.24) is 0 Å². The molecule has 0 spiro atoms. The Kier molecular flexibility index (Phi) is 3.61. The molecule has 0 aliphatic carbocycles. The van der Waals surface area contributed by atoms with Gasteiger partial charge in [0, 0.05) is 12.8 Å². The number of ether oxygens (including phenoxy) is 1. The molecule has 0 saturated carbocycles. The Morgan fingerprint density at radius 3 is 2.89 bits per heavy atom. The average molecular weight is 281 g/mol. The van der Waals surface area contributed by atoms with Crippen LogP contribution in [0.5, 0.6) is 0 Å². The Hall–Kier alpha value is -1.82. The summed E-state index contributed by atoms with van der Waals surface area (Å²) in [6.07, 6.45) is 2.69. The summed E-state index contributed by atoms with van der Waals surface area (Å²) < 4.78 is 28.4. The van der Waals surface area contributed by atoms with Crippen molar-refractivity contribution < 1.29 is 17.9 Å². The van der Waals surface area contributed by atoms with E-state index in [9.17, 15) is 13.2 Å². The van der Waals surface area contributed by atoms with Gasteiger partial charge in [0.25, 0.3) is 0 Å². The van der Waals surface area contributed by atoms with Crippen molar-refractivity contribution in [3.63, 3.8) is 0 Å². The van der Waals surface area contributed by atoms with E-state index in [4.69, 9.17) is 4.74 Å².